The third-order valence-corrected chi connectivity index (χ3v) is 3.88. The summed E-state index contributed by atoms with van der Waals surface area (Å²) in [5, 5.41) is 3.72. The first-order valence-electron chi connectivity index (χ1n) is 7.06. The summed E-state index contributed by atoms with van der Waals surface area (Å²) >= 11 is 5.86. The number of anilines is 2. The number of nitrogens with zero attached hydrogens (tertiary/aromatic N) is 2. The largest absolute Gasteiger partial charge is 0.399 e. The van der Waals surface area contributed by atoms with Gasteiger partial charge in [-0.2, -0.15) is 0 Å². The van der Waals surface area contributed by atoms with Crippen LogP contribution in [0.3, 0.4) is 0 Å². The number of hydrogen-bond acceptors (Lipinski definition) is 4. The highest BCUT2D eigenvalue weighted by Crippen LogP contribution is 2.17. The number of nitrogens with one attached hydrogen (secondary N) is 1. The van der Waals surface area contributed by atoms with E-state index in [1.807, 2.05) is 6.07 Å². The number of pyridine rings is 1. The van der Waals surface area contributed by atoms with Gasteiger partial charge >= 0.3 is 0 Å². The standard InChI is InChI=1S/C14H23ClN4/c1-11-5-2-3-7-19(11)8-4-6-17-14-10-12(16)9-13(15)18-14/h9-11H,2-8H2,1H3,(H3,16,17,18). The van der Waals surface area contributed by atoms with Crippen LogP contribution in [0, 0.1) is 0 Å². The van der Waals surface area contributed by atoms with Crippen molar-refractivity contribution >= 4 is 23.1 Å². The second-order valence-corrected chi connectivity index (χ2v) is 5.66. The third kappa shape index (κ3) is 4.55. The minimum Gasteiger partial charge on any atom is -0.399 e. The molecule has 1 aliphatic heterocycles. The van der Waals surface area contributed by atoms with Crippen molar-refractivity contribution in [2.45, 2.75) is 38.6 Å². The van der Waals surface area contributed by atoms with Crippen LogP contribution >= 0.6 is 11.6 Å². The molecule has 19 heavy (non-hydrogen) atoms. The van der Waals surface area contributed by atoms with E-state index in [1.165, 1.54) is 25.8 Å². The summed E-state index contributed by atoms with van der Waals surface area (Å²) in [4.78, 5) is 6.77. The SMILES string of the molecule is CC1CCCCN1CCCNc1cc(N)cc(Cl)n1. The van der Waals surface area contributed by atoms with E-state index >= 15 is 0 Å². The van der Waals surface area contributed by atoms with Crippen LogP contribution in [0.5, 0.6) is 0 Å². The minimum absolute atomic E-state index is 0.437. The molecule has 1 saturated heterocycles. The summed E-state index contributed by atoms with van der Waals surface area (Å²) in [5.41, 5.74) is 6.37. The molecule has 4 nitrogen and oxygen atoms in total. The van der Waals surface area contributed by atoms with E-state index in [-0.39, 0.29) is 0 Å². The highest BCUT2D eigenvalue weighted by molar-refractivity contribution is 6.29. The number of hydrogen-bond donors (Lipinski definition) is 2. The van der Waals surface area contributed by atoms with Gasteiger partial charge in [0.25, 0.3) is 0 Å². The number of rotatable bonds is 5. The molecule has 1 aromatic heterocycles. The predicted octanol–water partition coefficient (Wildman–Crippen LogP) is 2.99. The minimum atomic E-state index is 0.437. The number of halogens is 1. The molecule has 0 saturated carbocycles. The van der Waals surface area contributed by atoms with Crippen molar-refractivity contribution in [3.8, 4) is 0 Å². The Hall–Kier alpha value is -1.00. The van der Waals surface area contributed by atoms with Crippen LogP contribution in [0.15, 0.2) is 12.1 Å². The monoisotopic (exact) mass is 282 g/mol. The molecule has 2 heterocycles. The average Bonchev–Trinajstić information content (AvgIpc) is 2.35. The first-order valence-corrected chi connectivity index (χ1v) is 7.44. The fourth-order valence-corrected chi connectivity index (χ4v) is 2.81. The summed E-state index contributed by atoms with van der Waals surface area (Å²) in [6, 6.07) is 4.20. The zero-order valence-corrected chi connectivity index (χ0v) is 12.3. The first kappa shape index (κ1) is 14.4. The van der Waals surface area contributed by atoms with Crippen LogP contribution in [0.2, 0.25) is 5.15 Å². The van der Waals surface area contributed by atoms with E-state index < -0.39 is 0 Å². The molecule has 0 aliphatic carbocycles. The van der Waals surface area contributed by atoms with Gasteiger partial charge in [-0.3, -0.25) is 0 Å². The molecule has 0 spiro atoms. The topological polar surface area (TPSA) is 54.2 Å². The van der Waals surface area contributed by atoms with Gasteiger partial charge in [0, 0.05) is 30.9 Å². The van der Waals surface area contributed by atoms with Gasteiger partial charge in [-0.1, -0.05) is 18.0 Å². The molecule has 3 N–H and O–H groups in total. The van der Waals surface area contributed by atoms with Gasteiger partial charge in [0.2, 0.25) is 0 Å². The summed E-state index contributed by atoms with van der Waals surface area (Å²) in [6.07, 6.45) is 5.16. The van der Waals surface area contributed by atoms with Crippen LogP contribution in [0.4, 0.5) is 11.5 Å². The van der Waals surface area contributed by atoms with E-state index in [0.29, 0.717) is 10.8 Å². The normalized spacial score (nSPS) is 20.4. The van der Waals surface area contributed by atoms with E-state index in [1.54, 1.807) is 6.07 Å². The van der Waals surface area contributed by atoms with Gasteiger partial charge < -0.3 is 16.0 Å². The lowest BCUT2D eigenvalue weighted by atomic mass is 10.0. The fraction of sp³-hybridized carbons (Fsp3) is 0.643. The lowest BCUT2D eigenvalue weighted by Gasteiger charge is -2.33. The molecule has 2 rings (SSSR count). The van der Waals surface area contributed by atoms with Gasteiger partial charge in [0.1, 0.15) is 11.0 Å². The Balaban J connectivity index is 1.71. The maximum absolute atomic E-state index is 5.86. The van der Waals surface area contributed by atoms with Crippen molar-refractivity contribution in [2.75, 3.05) is 30.7 Å². The zero-order chi connectivity index (χ0) is 13.7. The number of likely N-dealkylation sites (tertiary alicyclic amines) is 1. The Bertz CT molecular complexity index is 390. The number of nitrogen functional groups attached to an aromatic ring is 1. The van der Waals surface area contributed by atoms with Gasteiger partial charge in [0.05, 0.1) is 0 Å². The Labute approximate surface area is 120 Å². The highest BCUT2D eigenvalue weighted by atomic mass is 35.5. The lowest BCUT2D eigenvalue weighted by molar-refractivity contribution is 0.160. The van der Waals surface area contributed by atoms with Gasteiger partial charge in [-0.25, -0.2) is 4.98 Å². The molecule has 1 aliphatic rings. The van der Waals surface area contributed by atoms with Crippen molar-refractivity contribution < 1.29 is 0 Å². The van der Waals surface area contributed by atoms with Gasteiger partial charge in [0.15, 0.2) is 0 Å². The molecule has 0 amide bonds. The highest BCUT2D eigenvalue weighted by Gasteiger charge is 2.16. The van der Waals surface area contributed by atoms with Gasteiger partial charge in [-0.05, 0) is 38.8 Å². The lowest BCUT2D eigenvalue weighted by Crippen LogP contribution is -2.38. The molecular weight excluding hydrogens is 260 g/mol. The number of aromatic nitrogens is 1. The maximum Gasteiger partial charge on any atom is 0.133 e. The maximum atomic E-state index is 5.86. The molecule has 0 radical (unpaired) electrons. The number of piperidine rings is 1. The molecule has 0 aromatic carbocycles. The van der Waals surface area contributed by atoms with Crippen LogP contribution < -0.4 is 11.1 Å². The van der Waals surface area contributed by atoms with Crippen molar-refractivity contribution in [1.82, 2.24) is 9.88 Å². The number of nitrogens with two attached hydrogens (primary N) is 1. The van der Waals surface area contributed by atoms with Crippen LogP contribution in [-0.4, -0.2) is 35.6 Å². The first-order chi connectivity index (χ1) is 9.15. The smallest absolute Gasteiger partial charge is 0.133 e. The van der Waals surface area contributed by atoms with Crippen LogP contribution in [0.1, 0.15) is 32.6 Å². The molecule has 106 valence electrons. The molecule has 0 bridgehead atoms. The van der Waals surface area contributed by atoms with E-state index in [2.05, 4.69) is 22.1 Å². The molecule has 5 heteroatoms. The third-order valence-electron chi connectivity index (χ3n) is 3.69. The summed E-state index contributed by atoms with van der Waals surface area (Å²) < 4.78 is 0. The second-order valence-electron chi connectivity index (χ2n) is 5.27. The zero-order valence-electron chi connectivity index (χ0n) is 11.5. The van der Waals surface area contributed by atoms with Crippen molar-refractivity contribution in [3.63, 3.8) is 0 Å². The van der Waals surface area contributed by atoms with Crippen LogP contribution in [-0.2, 0) is 0 Å². The summed E-state index contributed by atoms with van der Waals surface area (Å²) in [7, 11) is 0. The average molecular weight is 283 g/mol. The van der Waals surface area contributed by atoms with Crippen molar-refractivity contribution in [1.29, 1.82) is 0 Å². The van der Waals surface area contributed by atoms with Crippen molar-refractivity contribution in [3.05, 3.63) is 17.3 Å². The molecular formula is C14H23ClN4. The summed E-state index contributed by atoms with van der Waals surface area (Å²) in [6.45, 7) is 5.61. The Kier molecular flexibility index (Phi) is 5.28. The molecule has 1 fully saturated rings. The molecule has 1 unspecified atom stereocenters. The van der Waals surface area contributed by atoms with Gasteiger partial charge in [-0.15, -0.1) is 0 Å². The Morgan fingerprint density at radius 2 is 2.32 bits per heavy atom. The molecule has 1 aromatic rings. The Morgan fingerprint density at radius 3 is 3.05 bits per heavy atom. The predicted molar refractivity (Wildman–Crippen MR) is 81.7 cm³/mol. The van der Waals surface area contributed by atoms with Crippen molar-refractivity contribution in [2.24, 2.45) is 0 Å². The fourth-order valence-electron chi connectivity index (χ4n) is 2.60. The van der Waals surface area contributed by atoms with E-state index in [4.69, 9.17) is 17.3 Å². The quantitative estimate of drug-likeness (QED) is 0.644. The van der Waals surface area contributed by atoms with E-state index in [0.717, 1.165) is 31.4 Å². The van der Waals surface area contributed by atoms with Crippen LogP contribution in [0.25, 0.3) is 0 Å². The summed E-state index contributed by atoms with van der Waals surface area (Å²) in [5.74, 6) is 0.761. The Morgan fingerprint density at radius 1 is 1.47 bits per heavy atom. The molecule has 1 atom stereocenters. The van der Waals surface area contributed by atoms with E-state index in [9.17, 15) is 0 Å². The second kappa shape index (κ2) is 6.96.